The zero-order valence-corrected chi connectivity index (χ0v) is 9.43. The zero-order chi connectivity index (χ0) is 11.6. The second-order valence-corrected chi connectivity index (χ2v) is 3.56. The molecule has 1 aromatic carbocycles. The molecule has 0 aliphatic carbocycles. The van der Waals surface area contributed by atoms with Gasteiger partial charge >= 0.3 is 0 Å². The molecule has 1 unspecified atom stereocenters. The molecule has 3 heteroatoms. The molecule has 0 amide bonds. The van der Waals surface area contributed by atoms with Gasteiger partial charge in [-0.05, 0) is 25.1 Å². The van der Waals surface area contributed by atoms with Gasteiger partial charge in [-0.2, -0.15) is 0 Å². The quantitative estimate of drug-likeness (QED) is 0.517. The van der Waals surface area contributed by atoms with Gasteiger partial charge in [-0.3, -0.25) is 0 Å². The summed E-state index contributed by atoms with van der Waals surface area (Å²) in [6, 6.07) is 9.49. The summed E-state index contributed by atoms with van der Waals surface area (Å²) in [6.07, 6.45) is 2.27. The molecule has 0 bridgehead atoms. The maximum absolute atomic E-state index is 9.60. The van der Waals surface area contributed by atoms with Crippen molar-refractivity contribution in [2.24, 2.45) is 0 Å². The van der Waals surface area contributed by atoms with Crippen LogP contribution in [0.2, 0.25) is 0 Å². The highest BCUT2D eigenvalue weighted by Crippen LogP contribution is 2.08. The molecule has 1 aromatic rings. The summed E-state index contributed by atoms with van der Waals surface area (Å²) in [7, 11) is 0. The molecule has 1 atom stereocenters. The third kappa shape index (κ3) is 5.53. The average molecular weight is 221 g/mol. The molecule has 0 saturated carbocycles. The highest BCUT2D eigenvalue weighted by Gasteiger charge is 2.03. The van der Waals surface area contributed by atoms with Crippen molar-refractivity contribution in [2.45, 2.75) is 12.5 Å². The van der Waals surface area contributed by atoms with Crippen LogP contribution in [0.3, 0.4) is 0 Å². The van der Waals surface area contributed by atoms with Crippen LogP contribution in [0.5, 0.6) is 5.75 Å². The Bertz CT molecular complexity index is 287. The summed E-state index contributed by atoms with van der Waals surface area (Å²) in [5, 5.41) is 12.7. The van der Waals surface area contributed by atoms with Gasteiger partial charge in [0.15, 0.2) is 0 Å². The standard InChI is InChI=1S/C13H19NO2/c1-2-3-9-14-10-12(15)11-16-13-7-5-4-6-8-13/h2,4-8,12,14-15H,1,3,9-11H2. The SMILES string of the molecule is C=CCCNCC(O)COc1ccccc1. The lowest BCUT2D eigenvalue weighted by Crippen LogP contribution is -2.31. The molecule has 0 radical (unpaired) electrons. The Labute approximate surface area is 96.8 Å². The fourth-order valence-corrected chi connectivity index (χ4v) is 1.24. The number of hydrogen-bond acceptors (Lipinski definition) is 3. The summed E-state index contributed by atoms with van der Waals surface area (Å²) in [6.45, 7) is 5.32. The first-order chi connectivity index (χ1) is 7.83. The third-order valence-electron chi connectivity index (χ3n) is 2.09. The van der Waals surface area contributed by atoms with E-state index in [0.29, 0.717) is 13.2 Å². The third-order valence-corrected chi connectivity index (χ3v) is 2.09. The van der Waals surface area contributed by atoms with Crippen molar-refractivity contribution in [1.29, 1.82) is 0 Å². The van der Waals surface area contributed by atoms with Crippen molar-refractivity contribution in [1.82, 2.24) is 5.32 Å². The van der Waals surface area contributed by atoms with Gasteiger partial charge in [0.05, 0.1) is 0 Å². The number of aliphatic hydroxyl groups is 1. The van der Waals surface area contributed by atoms with E-state index in [1.165, 1.54) is 0 Å². The van der Waals surface area contributed by atoms with Gasteiger partial charge in [-0.25, -0.2) is 0 Å². The fraction of sp³-hybridized carbons (Fsp3) is 0.385. The fourth-order valence-electron chi connectivity index (χ4n) is 1.24. The largest absolute Gasteiger partial charge is 0.491 e. The Morgan fingerprint density at radius 2 is 2.12 bits per heavy atom. The van der Waals surface area contributed by atoms with Crippen molar-refractivity contribution < 1.29 is 9.84 Å². The number of benzene rings is 1. The van der Waals surface area contributed by atoms with Crippen LogP contribution in [0.25, 0.3) is 0 Å². The topological polar surface area (TPSA) is 41.5 Å². The van der Waals surface area contributed by atoms with Crippen molar-refractivity contribution in [3.63, 3.8) is 0 Å². The molecule has 88 valence electrons. The van der Waals surface area contributed by atoms with Gasteiger partial charge in [-0.1, -0.05) is 24.3 Å². The molecular weight excluding hydrogens is 202 g/mol. The van der Waals surface area contributed by atoms with Crippen LogP contribution in [0.1, 0.15) is 6.42 Å². The Morgan fingerprint density at radius 3 is 2.81 bits per heavy atom. The summed E-state index contributed by atoms with van der Waals surface area (Å²) in [5.41, 5.74) is 0. The zero-order valence-electron chi connectivity index (χ0n) is 9.43. The minimum absolute atomic E-state index is 0.311. The summed E-state index contributed by atoms with van der Waals surface area (Å²) in [5.74, 6) is 0.785. The Hall–Kier alpha value is -1.32. The smallest absolute Gasteiger partial charge is 0.119 e. The number of para-hydroxylation sites is 1. The van der Waals surface area contributed by atoms with Crippen LogP contribution in [-0.2, 0) is 0 Å². The molecule has 1 rings (SSSR count). The summed E-state index contributed by atoms with van der Waals surface area (Å²) >= 11 is 0. The van der Waals surface area contributed by atoms with Gasteiger partial charge in [0, 0.05) is 6.54 Å². The first kappa shape index (κ1) is 12.7. The van der Waals surface area contributed by atoms with E-state index in [1.54, 1.807) is 0 Å². The summed E-state index contributed by atoms with van der Waals surface area (Å²) < 4.78 is 5.41. The minimum Gasteiger partial charge on any atom is -0.491 e. The van der Waals surface area contributed by atoms with E-state index in [4.69, 9.17) is 4.74 Å². The van der Waals surface area contributed by atoms with E-state index in [1.807, 2.05) is 36.4 Å². The highest BCUT2D eigenvalue weighted by molar-refractivity contribution is 5.20. The number of ether oxygens (including phenoxy) is 1. The molecule has 0 heterocycles. The molecule has 0 saturated heterocycles. The Morgan fingerprint density at radius 1 is 1.38 bits per heavy atom. The number of aliphatic hydroxyl groups excluding tert-OH is 1. The van der Waals surface area contributed by atoms with Crippen molar-refractivity contribution in [3.8, 4) is 5.75 Å². The Kier molecular flexibility index (Phi) is 6.30. The lowest BCUT2D eigenvalue weighted by Gasteiger charge is -2.12. The van der Waals surface area contributed by atoms with Gasteiger partial charge in [0.1, 0.15) is 18.5 Å². The first-order valence-corrected chi connectivity index (χ1v) is 5.50. The normalized spacial score (nSPS) is 12.1. The molecule has 2 N–H and O–H groups in total. The van der Waals surface area contributed by atoms with Gasteiger partial charge in [0.25, 0.3) is 0 Å². The number of hydrogen-bond donors (Lipinski definition) is 2. The van der Waals surface area contributed by atoms with Crippen LogP contribution in [0, 0.1) is 0 Å². The van der Waals surface area contributed by atoms with Crippen molar-refractivity contribution >= 4 is 0 Å². The minimum atomic E-state index is -0.481. The maximum Gasteiger partial charge on any atom is 0.119 e. The number of rotatable bonds is 8. The number of nitrogens with one attached hydrogen (secondary N) is 1. The lowest BCUT2D eigenvalue weighted by molar-refractivity contribution is 0.107. The van der Waals surface area contributed by atoms with Crippen LogP contribution < -0.4 is 10.1 Å². The first-order valence-electron chi connectivity index (χ1n) is 5.50. The van der Waals surface area contributed by atoms with Gasteiger partial charge in [0.2, 0.25) is 0 Å². The molecule has 3 nitrogen and oxygen atoms in total. The monoisotopic (exact) mass is 221 g/mol. The van der Waals surface area contributed by atoms with Crippen molar-refractivity contribution in [3.05, 3.63) is 43.0 Å². The molecule has 0 fully saturated rings. The molecule has 0 aliphatic rings. The second-order valence-electron chi connectivity index (χ2n) is 3.56. The lowest BCUT2D eigenvalue weighted by atomic mass is 10.3. The predicted molar refractivity (Wildman–Crippen MR) is 65.6 cm³/mol. The van der Waals surface area contributed by atoms with Crippen LogP contribution in [0.15, 0.2) is 43.0 Å². The summed E-state index contributed by atoms with van der Waals surface area (Å²) in [4.78, 5) is 0. The van der Waals surface area contributed by atoms with E-state index >= 15 is 0 Å². The van der Waals surface area contributed by atoms with E-state index in [2.05, 4.69) is 11.9 Å². The van der Waals surface area contributed by atoms with Crippen LogP contribution >= 0.6 is 0 Å². The van der Waals surface area contributed by atoms with E-state index < -0.39 is 6.10 Å². The van der Waals surface area contributed by atoms with Crippen LogP contribution in [-0.4, -0.2) is 30.9 Å². The maximum atomic E-state index is 9.60. The molecular formula is C13H19NO2. The predicted octanol–water partition coefficient (Wildman–Crippen LogP) is 1.59. The second kappa shape index (κ2) is 7.91. The molecule has 16 heavy (non-hydrogen) atoms. The average Bonchev–Trinajstić information content (AvgIpc) is 2.33. The molecule has 0 aromatic heterocycles. The van der Waals surface area contributed by atoms with E-state index in [9.17, 15) is 5.11 Å². The Balaban J connectivity index is 2.10. The van der Waals surface area contributed by atoms with Gasteiger partial charge < -0.3 is 15.2 Å². The molecule has 0 spiro atoms. The highest BCUT2D eigenvalue weighted by atomic mass is 16.5. The van der Waals surface area contributed by atoms with Crippen LogP contribution in [0.4, 0.5) is 0 Å². The van der Waals surface area contributed by atoms with E-state index in [-0.39, 0.29) is 0 Å². The molecule has 0 aliphatic heterocycles. The van der Waals surface area contributed by atoms with E-state index in [0.717, 1.165) is 18.7 Å². The van der Waals surface area contributed by atoms with Crippen molar-refractivity contribution in [2.75, 3.05) is 19.7 Å². The van der Waals surface area contributed by atoms with Gasteiger partial charge in [-0.15, -0.1) is 6.58 Å².